The average Bonchev–Trinajstić information content (AvgIpc) is 2.35. The van der Waals surface area contributed by atoms with E-state index in [1.807, 2.05) is 38.7 Å². The Morgan fingerprint density at radius 2 is 1.89 bits per heavy atom. The highest BCUT2D eigenvalue weighted by atomic mass is 16.5. The lowest BCUT2D eigenvalue weighted by atomic mass is 9.99. The predicted octanol–water partition coefficient (Wildman–Crippen LogP) is 2.77. The van der Waals surface area contributed by atoms with Gasteiger partial charge in [0, 0.05) is 13.1 Å². The molecule has 1 aliphatic heterocycles. The summed E-state index contributed by atoms with van der Waals surface area (Å²) in [4.78, 5) is 14.3. The zero-order valence-electron chi connectivity index (χ0n) is 12.3. The molecule has 1 heterocycles. The lowest BCUT2D eigenvalue weighted by Crippen LogP contribution is -2.44. The normalized spacial score (nSPS) is 16.9. The number of carbonyl (C=O) groups excluding carboxylic acids is 1. The smallest absolute Gasteiger partial charge is 0.251 e. The number of carbonyl (C=O) groups is 1. The van der Waals surface area contributed by atoms with Crippen molar-refractivity contribution in [2.45, 2.75) is 52.4 Å². The molecule has 3 heteroatoms. The van der Waals surface area contributed by atoms with Gasteiger partial charge in [0.2, 0.25) is 0 Å². The van der Waals surface area contributed by atoms with Crippen molar-refractivity contribution in [3.63, 3.8) is 0 Å². The molecule has 2 rings (SSSR count). The minimum absolute atomic E-state index is 0.0874. The number of hydrogen-bond acceptors (Lipinski definition) is 2. The Hall–Kier alpha value is -1.35. The zero-order valence-corrected chi connectivity index (χ0v) is 12.3. The maximum absolute atomic E-state index is 12.4. The van der Waals surface area contributed by atoms with Crippen molar-refractivity contribution >= 4 is 5.91 Å². The highest BCUT2D eigenvalue weighted by Crippen LogP contribution is 2.20. The van der Waals surface area contributed by atoms with Crippen LogP contribution in [0, 0.1) is 0 Å². The minimum atomic E-state index is -0.384. The monoisotopic (exact) mass is 261 g/mol. The number of ether oxygens (including phenoxy) is 1. The van der Waals surface area contributed by atoms with Gasteiger partial charge in [-0.25, -0.2) is 0 Å². The van der Waals surface area contributed by atoms with E-state index in [-0.39, 0.29) is 17.6 Å². The van der Waals surface area contributed by atoms with Crippen LogP contribution in [0.15, 0.2) is 24.3 Å². The van der Waals surface area contributed by atoms with Crippen LogP contribution in [0.1, 0.15) is 38.8 Å². The maximum atomic E-state index is 12.4. The fourth-order valence-corrected chi connectivity index (χ4v) is 2.52. The Labute approximate surface area is 115 Å². The molecule has 1 aromatic rings. The van der Waals surface area contributed by atoms with Crippen LogP contribution < -0.4 is 0 Å². The molecule has 0 fully saturated rings. The maximum Gasteiger partial charge on any atom is 0.251 e. The molecule has 104 valence electrons. The molecule has 0 aliphatic carbocycles. The first-order valence-electron chi connectivity index (χ1n) is 6.90. The van der Waals surface area contributed by atoms with Crippen LogP contribution >= 0.6 is 0 Å². The van der Waals surface area contributed by atoms with E-state index in [4.69, 9.17) is 4.74 Å². The Morgan fingerprint density at radius 3 is 2.53 bits per heavy atom. The third-order valence-corrected chi connectivity index (χ3v) is 3.32. The van der Waals surface area contributed by atoms with Gasteiger partial charge in [-0.2, -0.15) is 0 Å². The Kier molecular flexibility index (Phi) is 3.95. The summed E-state index contributed by atoms with van der Waals surface area (Å²) in [6, 6.07) is 8.33. The van der Waals surface area contributed by atoms with Crippen molar-refractivity contribution in [1.29, 1.82) is 0 Å². The number of hydrogen-bond donors (Lipinski definition) is 0. The molecule has 0 N–H and O–H groups in total. The second kappa shape index (κ2) is 5.33. The summed E-state index contributed by atoms with van der Waals surface area (Å²) in [6.45, 7) is 9.25. The molecule has 19 heavy (non-hydrogen) atoms. The Balaban J connectivity index is 2.03. The van der Waals surface area contributed by atoms with E-state index in [0.717, 1.165) is 13.0 Å². The summed E-state index contributed by atoms with van der Waals surface area (Å²) in [5.74, 6) is 0.0874. The van der Waals surface area contributed by atoms with Crippen molar-refractivity contribution in [2.24, 2.45) is 0 Å². The van der Waals surface area contributed by atoms with Crippen LogP contribution in [0.25, 0.3) is 0 Å². The van der Waals surface area contributed by atoms with Gasteiger partial charge in [0.05, 0.1) is 5.60 Å². The molecular formula is C16H23NO2. The molecule has 1 aliphatic rings. The summed E-state index contributed by atoms with van der Waals surface area (Å²) in [6.07, 6.45) is 0.551. The van der Waals surface area contributed by atoms with Crippen LogP contribution in [0.3, 0.4) is 0 Å². The SMILES string of the molecule is CC(OC(C)(C)C)C(=O)N1CCc2ccccc2C1. The quantitative estimate of drug-likeness (QED) is 0.819. The van der Waals surface area contributed by atoms with Gasteiger partial charge in [-0.15, -0.1) is 0 Å². The molecule has 1 unspecified atom stereocenters. The van der Waals surface area contributed by atoms with Crippen LogP contribution in [0.2, 0.25) is 0 Å². The second-order valence-electron chi connectivity index (χ2n) is 6.15. The van der Waals surface area contributed by atoms with Crippen molar-refractivity contribution in [2.75, 3.05) is 6.54 Å². The zero-order chi connectivity index (χ0) is 14.0. The van der Waals surface area contributed by atoms with Crippen molar-refractivity contribution < 1.29 is 9.53 Å². The molecule has 1 amide bonds. The third-order valence-electron chi connectivity index (χ3n) is 3.32. The van der Waals surface area contributed by atoms with Gasteiger partial charge in [0.15, 0.2) is 0 Å². The predicted molar refractivity (Wildman–Crippen MR) is 75.9 cm³/mol. The van der Waals surface area contributed by atoms with Gasteiger partial charge < -0.3 is 9.64 Å². The summed E-state index contributed by atoms with van der Waals surface area (Å²) in [5.41, 5.74) is 2.32. The number of benzene rings is 1. The highest BCUT2D eigenvalue weighted by molar-refractivity contribution is 5.80. The molecular weight excluding hydrogens is 238 g/mol. The number of rotatable bonds is 2. The van der Waals surface area contributed by atoms with Crippen LogP contribution in [-0.4, -0.2) is 29.1 Å². The molecule has 0 saturated heterocycles. The summed E-state index contributed by atoms with van der Waals surface area (Å²) < 4.78 is 5.75. The first kappa shape index (κ1) is 14.1. The highest BCUT2D eigenvalue weighted by Gasteiger charge is 2.27. The molecule has 0 bridgehead atoms. The minimum Gasteiger partial charge on any atom is -0.363 e. The van der Waals surface area contributed by atoms with Crippen LogP contribution in [0.5, 0.6) is 0 Å². The Bertz CT molecular complexity index is 462. The van der Waals surface area contributed by atoms with E-state index in [9.17, 15) is 4.79 Å². The van der Waals surface area contributed by atoms with E-state index in [2.05, 4.69) is 18.2 Å². The van der Waals surface area contributed by atoms with Crippen molar-refractivity contribution in [1.82, 2.24) is 4.90 Å². The summed E-state index contributed by atoms with van der Waals surface area (Å²) in [7, 11) is 0. The largest absolute Gasteiger partial charge is 0.363 e. The van der Waals surface area contributed by atoms with E-state index < -0.39 is 0 Å². The van der Waals surface area contributed by atoms with Gasteiger partial charge in [-0.1, -0.05) is 24.3 Å². The van der Waals surface area contributed by atoms with E-state index in [1.54, 1.807) is 0 Å². The van der Waals surface area contributed by atoms with Gasteiger partial charge in [-0.3, -0.25) is 4.79 Å². The second-order valence-corrected chi connectivity index (χ2v) is 6.15. The number of fused-ring (bicyclic) bond motifs is 1. The summed E-state index contributed by atoms with van der Waals surface area (Å²) in [5, 5.41) is 0. The van der Waals surface area contributed by atoms with Crippen LogP contribution in [0.4, 0.5) is 0 Å². The fourth-order valence-electron chi connectivity index (χ4n) is 2.52. The topological polar surface area (TPSA) is 29.5 Å². The Morgan fingerprint density at radius 1 is 1.26 bits per heavy atom. The standard InChI is InChI=1S/C16H23NO2/c1-12(19-16(2,3)4)15(18)17-10-9-13-7-5-6-8-14(13)11-17/h5-8,12H,9-11H2,1-4H3. The van der Waals surface area contributed by atoms with Gasteiger partial charge in [-0.05, 0) is 45.2 Å². The molecule has 0 aromatic heterocycles. The molecule has 0 radical (unpaired) electrons. The molecule has 1 aromatic carbocycles. The molecule has 3 nitrogen and oxygen atoms in total. The van der Waals surface area contributed by atoms with Crippen molar-refractivity contribution in [3.8, 4) is 0 Å². The summed E-state index contributed by atoms with van der Waals surface area (Å²) >= 11 is 0. The lowest BCUT2D eigenvalue weighted by Gasteiger charge is -2.33. The average molecular weight is 261 g/mol. The van der Waals surface area contributed by atoms with Gasteiger partial charge >= 0.3 is 0 Å². The van der Waals surface area contributed by atoms with E-state index in [0.29, 0.717) is 6.54 Å². The van der Waals surface area contributed by atoms with Gasteiger partial charge in [0.1, 0.15) is 6.10 Å². The van der Waals surface area contributed by atoms with Crippen molar-refractivity contribution in [3.05, 3.63) is 35.4 Å². The fraction of sp³-hybridized carbons (Fsp3) is 0.562. The molecule has 0 saturated carbocycles. The molecule has 0 spiro atoms. The lowest BCUT2D eigenvalue weighted by molar-refractivity contribution is -0.152. The van der Waals surface area contributed by atoms with Crippen LogP contribution in [-0.2, 0) is 22.5 Å². The van der Waals surface area contributed by atoms with E-state index in [1.165, 1.54) is 11.1 Å². The number of nitrogens with zero attached hydrogens (tertiary/aromatic N) is 1. The van der Waals surface area contributed by atoms with Gasteiger partial charge in [0.25, 0.3) is 5.91 Å². The van der Waals surface area contributed by atoms with E-state index >= 15 is 0 Å². The first-order chi connectivity index (χ1) is 8.87. The number of amides is 1. The molecule has 1 atom stereocenters. The first-order valence-corrected chi connectivity index (χ1v) is 6.90. The third kappa shape index (κ3) is 3.57.